The number of halogens is 1. The fraction of sp³-hybridized carbons (Fsp3) is 0.357. The van der Waals surface area contributed by atoms with Crippen molar-refractivity contribution < 1.29 is 4.79 Å². The molecule has 0 atom stereocenters. The Hall–Kier alpha value is -1.50. The van der Waals surface area contributed by atoms with Gasteiger partial charge in [-0.05, 0) is 18.2 Å². The predicted octanol–water partition coefficient (Wildman–Crippen LogP) is 2.20. The van der Waals surface area contributed by atoms with Gasteiger partial charge in [0.15, 0.2) is 5.78 Å². The van der Waals surface area contributed by atoms with Gasteiger partial charge in [-0.1, -0.05) is 11.6 Å². The second-order valence-electron chi connectivity index (χ2n) is 4.84. The third-order valence-electron chi connectivity index (χ3n) is 3.42. The molecule has 110 valence electrons. The number of piperazine rings is 1. The lowest BCUT2D eigenvalue weighted by Crippen LogP contribution is -2.48. The van der Waals surface area contributed by atoms with Crippen LogP contribution >= 0.6 is 22.9 Å². The van der Waals surface area contributed by atoms with Gasteiger partial charge in [-0.25, -0.2) is 9.97 Å². The number of Topliss-reactive ketones (excluding diaryl/α,β-unsaturated/α-hetero) is 1. The number of ketones is 1. The van der Waals surface area contributed by atoms with Crippen molar-refractivity contribution in [3.8, 4) is 0 Å². The average Bonchev–Trinajstić information content (AvgIpc) is 2.96. The van der Waals surface area contributed by atoms with Crippen LogP contribution in [-0.2, 0) is 0 Å². The SMILES string of the molecule is O=C(CN1CCN(c2ncccn2)CC1)c1ccc(Cl)s1. The van der Waals surface area contributed by atoms with Gasteiger partial charge in [-0.3, -0.25) is 9.69 Å². The molecule has 2 aromatic rings. The first-order chi connectivity index (χ1) is 10.2. The van der Waals surface area contributed by atoms with Crippen molar-refractivity contribution in [2.75, 3.05) is 37.6 Å². The van der Waals surface area contributed by atoms with Gasteiger partial charge >= 0.3 is 0 Å². The largest absolute Gasteiger partial charge is 0.338 e. The lowest BCUT2D eigenvalue weighted by atomic mass is 10.2. The van der Waals surface area contributed by atoms with Gasteiger partial charge in [0.25, 0.3) is 0 Å². The Balaban J connectivity index is 1.53. The molecular formula is C14H15ClN4OS. The molecule has 0 bridgehead atoms. The van der Waals surface area contributed by atoms with E-state index in [0.29, 0.717) is 10.9 Å². The molecule has 0 aromatic carbocycles. The average molecular weight is 323 g/mol. The minimum atomic E-state index is 0.135. The highest BCUT2D eigenvalue weighted by Gasteiger charge is 2.21. The third-order valence-corrected chi connectivity index (χ3v) is 4.69. The van der Waals surface area contributed by atoms with E-state index in [1.54, 1.807) is 24.5 Å². The summed E-state index contributed by atoms with van der Waals surface area (Å²) in [4.78, 5) is 25.7. The van der Waals surface area contributed by atoms with Crippen molar-refractivity contribution in [2.45, 2.75) is 0 Å². The second-order valence-corrected chi connectivity index (χ2v) is 6.55. The van der Waals surface area contributed by atoms with Crippen LogP contribution in [0.25, 0.3) is 0 Å². The van der Waals surface area contributed by atoms with Gasteiger partial charge in [0.2, 0.25) is 5.95 Å². The summed E-state index contributed by atoms with van der Waals surface area (Å²) in [5.41, 5.74) is 0. The fourth-order valence-corrected chi connectivity index (χ4v) is 3.28. The summed E-state index contributed by atoms with van der Waals surface area (Å²) in [5, 5.41) is 0. The number of carbonyl (C=O) groups excluding carboxylic acids is 1. The van der Waals surface area contributed by atoms with E-state index in [2.05, 4.69) is 19.8 Å². The number of thiophene rings is 1. The Labute approximate surface area is 132 Å². The first-order valence-electron chi connectivity index (χ1n) is 6.75. The Morgan fingerprint density at radius 2 is 1.90 bits per heavy atom. The molecule has 1 saturated heterocycles. The molecule has 0 saturated carbocycles. The minimum absolute atomic E-state index is 0.135. The molecule has 3 heterocycles. The highest BCUT2D eigenvalue weighted by Crippen LogP contribution is 2.22. The number of carbonyl (C=O) groups is 1. The number of rotatable bonds is 4. The number of hydrogen-bond donors (Lipinski definition) is 0. The van der Waals surface area contributed by atoms with Gasteiger partial charge in [-0.2, -0.15) is 0 Å². The molecule has 7 heteroatoms. The summed E-state index contributed by atoms with van der Waals surface area (Å²) < 4.78 is 0.657. The van der Waals surface area contributed by atoms with E-state index in [0.717, 1.165) is 37.0 Å². The molecule has 1 aliphatic rings. The van der Waals surface area contributed by atoms with Crippen LogP contribution < -0.4 is 4.90 Å². The summed E-state index contributed by atoms with van der Waals surface area (Å²) in [6, 6.07) is 5.37. The first-order valence-corrected chi connectivity index (χ1v) is 7.95. The van der Waals surface area contributed by atoms with Crippen molar-refractivity contribution in [1.29, 1.82) is 0 Å². The molecule has 5 nitrogen and oxygen atoms in total. The highest BCUT2D eigenvalue weighted by molar-refractivity contribution is 7.18. The Morgan fingerprint density at radius 3 is 2.52 bits per heavy atom. The molecule has 0 radical (unpaired) electrons. The van der Waals surface area contributed by atoms with E-state index in [1.165, 1.54) is 11.3 Å². The monoisotopic (exact) mass is 322 g/mol. The van der Waals surface area contributed by atoms with Crippen LogP contribution in [0, 0.1) is 0 Å². The molecule has 0 unspecified atom stereocenters. The Bertz CT molecular complexity index is 610. The van der Waals surface area contributed by atoms with Crippen LogP contribution in [0.2, 0.25) is 4.34 Å². The molecule has 2 aromatic heterocycles. The van der Waals surface area contributed by atoms with Gasteiger partial charge in [0, 0.05) is 38.6 Å². The van der Waals surface area contributed by atoms with E-state index in [4.69, 9.17) is 11.6 Å². The number of aromatic nitrogens is 2. The molecule has 0 N–H and O–H groups in total. The summed E-state index contributed by atoms with van der Waals surface area (Å²) in [6.45, 7) is 3.79. The predicted molar refractivity (Wildman–Crippen MR) is 84.3 cm³/mol. The number of nitrogens with zero attached hydrogens (tertiary/aromatic N) is 4. The van der Waals surface area contributed by atoms with Crippen molar-refractivity contribution in [3.63, 3.8) is 0 Å². The van der Waals surface area contributed by atoms with E-state index < -0.39 is 0 Å². The molecule has 0 aliphatic carbocycles. The maximum atomic E-state index is 12.1. The molecule has 1 aliphatic heterocycles. The third kappa shape index (κ3) is 3.58. The van der Waals surface area contributed by atoms with Crippen molar-refractivity contribution in [1.82, 2.24) is 14.9 Å². The molecule has 0 amide bonds. The summed E-state index contributed by atoms with van der Waals surface area (Å²) in [6.07, 6.45) is 3.50. The van der Waals surface area contributed by atoms with Crippen molar-refractivity contribution in [3.05, 3.63) is 39.8 Å². The zero-order chi connectivity index (χ0) is 14.7. The van der Waals surface area contributed by atoms with Crippen LogP contribution in [0.5, 0.6) is 0 Å². The number of hydrogen-bond acceptors (Lipinski definition) is 6. The van der Waals surface area contributed by atoms with Crippen LogP contribution in [0.1, 0.15) is 9.67 Å². The van der Waals surface area contributed by atoms with Crippen LogP contribution in [0.3, 0.4) is 0 Å². The molecule has 3 rings (SSSR count). The summed E-state index contributed by atoms with van der Waals surface area (Å²) >= 11 is 7.21. The van der Waals surface area contributed by atoms with Gasteiger partial charge in [-0.15, -0.1) is 11.3 Å². The molecule has 0 spiro atoms. The second kappa shape index (κ2) is 6.51. The van der Waals surface area contributed by atoms with E-state index >= 15 is 0 Å². The van der Waals surface area contributed by atoms with Crippen LogP contribution in [0.4, 0.5) is 5.95 Å². The minimum Gasteiger partial charge on any atom is -0.338 e. The quantitative estimate of drug-likeness (QED) is 0.808. The zero-order valence-electron chi connectivity index (χ0n) is 11.4. The first kappa shape index (κ1) is 14.4. The maximum Gasteiger partial charge on any atom is 0.225 e. The van der Waals surface area contributed by atoms with Gasteiger partial charge in [0.1, 0.15) is 0 Å². The van der Waals surface area contributed by atoms with Crippen LogP contribution in [0.15, 0.2) is 30.6 Å². The van der Waals surface area contributed by atoms with Crippen molar-refractivity contribution in [2.24, 2.45) is 0 Å². The van der Waals surface area contributed by atoms with E-state index in [1.807, 2.05) is 6.07 Å². The lowest BCUT2D eigenvalue weighted by Gasteiger charge is -2.34. The lowest BCUT2D eigenvalue weighted by molar-refractivity contribution is 0.0930. The van der Waals surface area contributed by atoms with Crippen molar-refractivity contribution >= 4 is 34.7 Å². The standard InChI is InChI=1S/C14H15ClN4OS/c15-13-3-2-12(21-13)11(20)10-18-6-8-19(9-7-18)14-16-4-1-5-17-14/h1-5H,6-10H2. The normalized spacial score (nSPS) is 16.1. The fourth-order valence-electron chi connectivity index (χ4n) is 2.31. The Kier molecular flexibility index (Phi) is 4.48. The smallest absolute Gasteiger partial charge is 0.225 e. The topological polar surface area (TPSA) is 49.3 Å². The Morgan fingerprint density at radius 1 is 1.19 bits per heavy atom. The summed E-state index contributed by atoms with van der Waals surface area (Å²) in [7, 11) is 0. The maximum absolute atomic E-state index is 12.1. The zero-order valence-corrected chi connectivity index (χ0v) is 13.0. The molecule has 1 fully saturated rings. The van der Waals surface area contributed by atoms with Gasteiger partial charge in [0.05, 0.1) is 15.8 Å². The molecular weight excluding hydrogens is 308 g/mol. The number of anilines is 1. The highest BCUT2D eigenvalue weighted by atomic mass is 35.5. The van der Waals surface area contributed by atoms with E-state index in [-0.39, 0.29) is 5.78 Å². The molecule has 21 heavy (non-hydrogen) atoms. The summed E-state index contributed by atoms with van der Waals surface area (Å²) in [5.74, 6) is 0.893. The van der Waals surface area contributed by atoms with Crippen LogP contribution in [-0.4, -0.2) is 53.4 Å². The van der Waals surface area contributed by atoms with E-state index in [9.17, 15) is 4.79 Å². The van der Waals surface area contributed by atoms with Gasteiger partial charge < -0.3 is 4.90 Å².